The Hall–Kier alpha value is -0.830. The minimum Gasteiger partial charge on any atom is -0.294 e. The fourth-order valence-corrected chi connectivity index (χ4v) is 0.826. The molecule has 0 radical (unpaired) electrons. The molecule has 3 heteroatoms. The van der Waals surface area contributed by atoms with Crippen molar-refractivity contribution in [3.63, 3.8) is 0 Å². The van der Waals surface area contributed by atoms with Crippen molar-refractivity contribution >= 4 is 18.4 Å². The molecular formula is C7H7NOS. The quantitative estimate of drug-likeness (QED) is 0.490. The zero-order chi connectivity index (χ0) is 7.56. The molecule has 0 amide bonds. The molecule has 0 unspecified atom stereocenters. The minimum atomic E-state index is 0.0170. The topological polar surface area (TPSA) is 30.0 Å². The Bertz CT molecular complexity index is 260. The van der Waals surface area contributed by atoms with Crippen molar-refractivity contribution in [2.45, 2.75) is 11.8 Å². The van der Waals surface area contributed by atoms with Crippen LogP contribution in [-0.2, 0) is 0 Å². The molecule has 0 aliphatic carbocycles. The molecule has 0 aliphatic rings. The van der Waals surface area contributed by atoms with Crippen molar-refractivity contribution in [2.75, 3.05) is 0 Å². The van der Waals surface area contributed by atoms with Crippen LogP contribution in [-0.4, -0.2) is 10.8 Å². The van der Waals surface area contributed by atoms with Crippen molar-refractivity contribution < 1.29 is 4.79 Å². The lowest BCUT2D eigenvalue weighted by Crippen LogP contribution is -1.91. The molecule has 1 rings (SSSR count). The lowest BCUT2D eigenvalue weighted by Gasteiger charge is -1.93. The van der Waals surface area contributed by atoms with Crippen molar-refractivity contribution in [1.29, 1.82) is 0 Å². The van der Waals surface area contributed by atoms with Gasteiger partial charge in [0, 0.05) is 22.9 Å². The summed E-state index contributed by atoms with van der Waals surface area (Å²) < 4.78 is 0. The number of rotatable bonds is 1. The van der Waals surface area contributed by atoms with E-state index in [1.165, 1.54) is 13.1 Å². The summed E-state index contributed by atoms with van der Waals surface area (Å²) >= 11 is 4.03. The molecule has 0 N–H and O–H groups in total. The van der Waals surface area contributed by atoms with Crippen LogP contribution < -0.4 is 0 Å². The fourth-order valence-electron chi connectivity index (χ4n) is 0.620. The molecule has 0 atom stereocenters. The number of carbonyl (C=O) groups is 1. The predicted octanol–water partition coefficient (Wildman–Crippen LogP) is 1.57. The van der Waals surface area contributed by atoms with Gasteiger partial charge >= 0.3 is 0 Å². The highest BCUT2D eigenvalue weighted by molar-refractivity contribution is 7.80. The molecule has 52 valence electrons. The first-order chi connectivity index (χ1) is 4.70. The Morgan fingerprint density at radius 3 is 2.70 bits per heavy atom. The number of pyridine rings is 1. The molecule has 0 saturated heterocycles. The van der Waals surface area contributed by atoms with Crippen molar-refractivity contribution in [1.82, 2.24) is 4.98 Å². The first kappa shape index (κ1) is 7.28. The van der Waals surface area contributed by atoms with Gasteiger partial charge in [-0.25, -0.2) is 0 Å². The Balaban J connectivity index is 3.07. The van der Waals surface area contributed by atoms with Crippen molar-refractivity contribution in [3.05, 3.63) is 24.0 Å². The van der Waals surface area contributed by atoms with Gasteiger partial charge in [0.2, 0.25) is 0 Å². The predicted molar refractivity (Wildman–Crippen MR) is 41.5 cm³/mol. The van der Waals surface area contributed by atoms with Gasteiger partial charge in [-0.3, -0.25) is 9.78 Å². The van der Waals surface area contributed by atoms with Gasteiger partial charge < -0.3 is 0 Å². The molecule has 2 nitrogen and oxygen atoms in total. The summed E-state index contributed by atoms with van der Waals surface area (Å²) in [4.78, 5) is 15.2. The molecule has 1 aromatic heterocycles. The van der Waals surface area contributed by atoms with Crippen LogP contribution in [0.4, 0.5) is 0 Å². The molecule has 0 aliphatic heterocycles. The highest BCUT2D eigenvalue weighted by Crippen LogP contribution is 2.06. The molecule has 0 saturated carbocycles. The summed E-state index contributed by atoms with van der Waals surface area (Å²) in [5.74, 6) is 0.0170. The van der Waals surface area contributed by atoms with Gasteiger partial charge in [0.25, 0.3) is 0 Å². The first-order valence-corrected chi connectivity index (χ1v) is 3.30. The van der Waals surface area contributed by atoms with E-state index in [0.29, 0.717) is 10.5 Å². The van der Waals surface area contributed by atoms with Gasteiger partial charge in [-0.15, -0.1) is 12.6 Å². The van der Waals surface area contributed by atoms with E-state index in [9.17, 15) is 4.79 Å². The van der Waals surface area contributed by atoms with Gasteiger partial charge in [-0.1, -0.05) is 0 Å². The zero-order valence-corrected chi connectivity index (χ0v) is 6.43. The van der Waals surface area contributed by atoms with Crippen LogP contribution in [0.3, 0.4) is 0 Å². The van der Waals surface area contributed by atoms with E-state index in [1.54, 1.807) is 12.3 Å². The van der Waals surface area contributed by atoms with Crippen molar-refractivity contribution in [2.24, 2.45) is 0 Å². The molecule has 0 fully saturated rings. The number of Topliss-reactive ketones (excluding diaryl/α,β-unsaturated/α-hetero) is 1. The van der Waals surface area contributed by atoms with Crippen LogP contribution in [0.5, 0.6) is 0 Å². The van der Waals surface area contributed by atoms with Gasteiger partial charge in [-0.05, 0) is 13.0 Å². The summed E-state index contributed by atoms with van der Waals surface area (Å²) in [5.41, 5.74) is 0.604. The maximum absolute atomic E-state index is 10.7. The van der Waals surface area contributed by atoms with Crippen LogP contribution in [0.2, 0.25) is 0 Å². The standard InChI is InChI=1S/C7H7NOS/c1-5(9)6-2-7(10)4-8-3-6/h2-4,10H,1H3. The van der Waals surface area contributed by atoms with E-state index >= 15 is 0 Å². The van der Waals surface area contributed by atoms with Crippen LogP contribution in [0.15, 0.2) is 23.4 Å². The maximum Gasteiger partial charge on any atom is 0.161 e. The average Bonchev–Trinajstić information content (AvgIpc) is 1.88. The number of carbonyl (C=O) groups excluding carboxylic acids is 1. The normalized spacial score (nSPS) is 9.40. The Labute approximate surface area is 64.7 Å². The van der Waals surface area contributed by atoms with E-state index in [4.69, 9.17) is 0 Å². The highest BCUT2D eigenvalue weighted by Gasteiger charge is 1.97. The van der Waals surface area contributed by atoms with Gasteiger partial charge in [0.1, 0.15) is 0 Å². The molecule has 1 heterocycles. The number of hydrogen-bond donors (Lipinski definition) is 1. The number of aromatic nitrogens is 1. The number of thiol groups is 1. The zero-order valence-electron chi connectivity index (χ0n) is 5.53. The lowest BCUT2D eigenvalue weighted by atomic mass is 10.2. The second-order valence-corrected chi connectivity index (χ2v) is 2.50. The maximum atomic E-state index is 10.7. The fraction of sp³-hybridized carbons (Fsp3) is 0.143. The summed E-state index contributed by atoms with van der Waals surface area (Å²) in [7, 11) is 0. The van der Waals surface area contributed by atoms with Crippen LogP contribution >= 0.6 is 12.6 Å². The smallest absolute Gasteiger partial charge is 0.161 e. The molecule has 10 heavy (non-hydrogen) atoms. The third kappa shape index (κ3) is 1.57. The summed E-state index contributed by atoms with van der Waals surface area (Å²) in [6, 6.07) is 1.69. The second-order valence-electron chi connectivity index (χ2n) is 1.99. The van der Waals surface area contributed by atoms with Crippen LogP contribution in [0.1, 0.15) is 17.3 Å². The number of nitrogens with zero attached hydrogens (tertiary/aromatic N) is 1. The number of hydrogen-bond acceptors (Lipinski definition) is 3. The summed E-state index contributed by atoms with van der Waals surface area (Å²) in [6.07, 6.45) is 3.12. The Kier molecular flexibility index (Phi) is 2.06. The van der Waals surface area contributed by atoms with Gasteiger partial charge in [-0.2, -0.15) is 0 Å². The first-order valence-electron chi connectivity index (χ1n) is 2.85. The molecule has 0 aromatic carbocycles. The van der Waals surface area contributed by atoms with E-state index in [1.807, 2.05) is 0 Å². The van der Waals surface area contributed by atoms with E-state index in [0.717, 1.165) is 0 Å². The second kappa shape index (κ2) is 2.84. The Morgan fingerprint density at radius 2 is 2.30 bits per heavy atom. The summed E-state index contributed by atoms with van der Waals surface area (Å²) in [6.45, 7) is 1.50. The number of ketones is 1. The highest BCUT2D eigenvalue weighted by atomic mass is 32.1. The van der Waals surface area contributed by atoms with E-state index in [2.05, 4.69) is 17.6 Å². The third-order valence-corrected chi connectivity index (χ3v) is 1.37. The average molecular weight is 153 g/mol. The molecule has 0 spiro atoms. The molecule has 0 bridgehead atoms. The van der Waals surface area contributed by atoms with E-state index < -0.39 is 0 Å². The lowest BCUT2D eigenvalue weighted by molar-refractivity contribution is 0.101. The molecule has 1 aromatic rings. The Morgan fingerprint density at radius 1 is 1.60 bits per heavy atom. The minimum absolute atomic E-state index is 0.0170. The summed E-state index contributed by atoms with van der Waals surface area (Å²) in [5, 5.41) is 0. The van der Waals surface area contributed by atoms with Gasteiger partial charge in [0.05, 0.1) is 0 Å². The van der Waals surface area contributed by atoms with Gasteiger partial charge in [0.15, 0.2) is 5.78 Å². The monoisotopic (exact) mass is 153 g/mol. The van der Waals surface area contributed by atoms with Crippen LogP contribution in [0.25, 0.3) is 0 Å². The largest absolute Gasteiger partial charge is 0.294 e. The van der Waals surface area contributed by atoms with Crippen LogP contribution in [0, 0.1) is 0 Å². The SMILES string of the molecule is CC(=O)c1cncc(S)c1. The third-order valence-electron chi connectivity index (χ3n) is 1.13. The van der Waals surface area contributed by atoms with Crippen molar-refractivity contribution in [3.8, 4) is 0 Å². The van der Waals surface area contributed by atoms with E-state index in [-0.39, 0.29) is 5.78 Å². The molecular weight excluding hydrogens is 146 g/mol.